The molecule has 168 valence electrons. The first-order valence-corrected chi connectivity index (χ1v) is 11.3. The Labute approximate surface area is 195 Å². The molecule has 0 saturated carbocycles. The van der Waals surface area contributed by atoms with E-state index in [-0.39, 0.29) is 6.04 Å². The first-order valence-electron chi connectivity index (χ1n) is 10.6. The van der Waals surface area contributed by atoms with Gasteiger partial charge in [-0.05, 0) is 31.4 Å². The van der Waals surface area contributed by atoms with Gasteiger partial charge in [-0.1, -0.05) is 0 Å². The van der Waals surface area contributed by atoms with E-state index in [2.05, 4.69) is 45.6 Å². The molecule has 1 atom stereocenters. The maximum atomic E-state index is 5.53. The molecule has 10 heteroatoms. The summed E-state index contributed by atoms with van der Waals surface area (Å²) in [6, 6.07) is 6.01. The Morgan fingerprint density at radius 1 is 1.22 bits per heavy atom. The predicted octanol–water partition coefficient (Wildman–Crippen LogP) is 3.76. The van der Waals surface area contributed by atoms with Crippen molar-refractivity contribution >= 4 is 27.8 Å². The van der Waals surface area contributed by atoms with Gasteiger partial charge >= 0.3 is 0 Å². The minimum Gasteiger partial charge on any atom is -0.497 e. The summed E-state index contributed by atoms with van der Waals surface area (Å²) in [6.07, 6.45) is 6.85. The average molecular weight is 500 g/mol. The van der Waals surface area contributed by atoms with Crippen molar-refractivity contribution in [1.82, 2.24) is 23.8 Å². The van der Waals surface area contributed by atoms with Gasteiger partial charge in [0, 0.05) is 52.6 Å². The minimum absolute atomic E-state index is 0.192. The second kappa shape index (κ2) is 8.59. The number of fused-ring (bicyclic) bond motifs is 2. The number of nitrogens with zero attached hydrogens (tertiary/aromatic N) is 6. The molecule has 2 aromatic heterocycles. The topological polar surface area (TPSA) is 80.6 Å². The van der Waals surface area contributed by atoms with E-state index in [1.165, 1.54) is 11.3 Å². The molecule has 0 saturated heterocycles. The zero-order chi connectivity index (χ0) is 22.2. The third-order valence-corrected chi connectivity index (χ3v) is 6.83. The van der Waals surface area contributed by atoms with Gasteiger partial charge in [0.15, 0.2) is 5.82 Å². The van der Waals surface area contributed by atoms with Gasteiger partial charge < -0.3 is 14.8 Å². The molecule has 0 spiro atoms. The van der Waals surface area contributed by atoms with Gasteiger partial charge in [-0.3, -0.25) is 9.69 Å². The maximum absolute atomic E-state index is 5.53. The Bertz CT molecular complexity index is 1140. The Morgan fingerprint density at radius 2 is 2.09 bits per heavy atom. The van der Waals surface area contributed by atoms with Crippen molar-refractivity contribution in [3.8, 4) is 11.5 Å². The Kier molecular flexibility index (Phi) is 5.64. The first kappa shape index (κ1) is 21.0. The Hall–Kier alpha value is -2.85. The highest BCUT2D eigenvalue weighted by molar-refractivity contribution is 9.07. The second-order valence-electron chi connectivity index (χ2n) is 7.97. The standard InChI is InChI=1S/C22H26BrN7O2/c1-28-18-5-4-6-19(16(18)11-27-28)30-22-17(12-29(30)23)21(25-13-26-22)24-10-14-7-8-15(31-2)9-20(14)32-3/h7-9,11,13,19H,4-6,10,12H2,1-3H3,(H,24,25,26). The molecule has 1 aliphatic heterocycles. The summed E-state index contributed by atoms with van der Waals surface area (Å²) < 4.78 is 14.9. The van der Waals surface area contributed by atoms with Crippen LogP contribution in [-0.2, 0) is 26.6 Å². The molecule has 9 nitrogen and oxygen atoms in total. The number of hydrogen-bond donors (Lipinski definition) is 1. The number of aryl methyl sites for hydroxylation is 1. The highest BCUT2D eigenvalue weighted by Crippen LogP contribution is 2.44. The van der Waals surface area contributed by atoms with Gasteiger partial charge in [-0.15, -0.1) is 4.03 Å². The quantitative estimate of drug-likeness (QED) is 0.513. The van der Waals surface area contributed by atoms with Crippen molar-refractivity contribution < 1.29 is 9.47 Å². The van der Waals surface area contributed by atoms with E-state index < -0.39 is 0 Å². The summed E-state index contributed by atoms with van der Waals surface area (Å²) in [7, 11) is 5.33. The third-order valence-electron chi connectivity index (χ3n) is 6.24. The summed E-state index contributed by atoms with van der Waals surface area (Å²) in [5.74, 6) is 3.28. The normalized spacial score (nSPS) is 17.8. The molecule has 0 radical (unpaired) electrons. The highest BCUT2D eigenvalue weighted by atomic mass is 79.9. The van der Waals surface area contributed by atoms with Gasteiger partial charge in [0.2, 0.25) is 0 Å². The Morgan fingerprint density at radius 3 is 2.91 bits per heavy atom. The lowest BCUT2D eigenvalue weighted by atomic mass is 9.92. The van der Waals surface area contributed by atoms with Crippen LogP contribution in [0, 0.1) is 0 Å². The number of rotatable bonds is 6. The molecule has 1 unspecified atom stereocenters. The fraction of sp³-hybridized carbons (Fsp3) is 0.409. The summed E-state index contributed by atoms with van der Waals surface area (Å²) in [5.41, 5.74) is 4.66. The van der Waals surface area contributed by atoms with Crippen LogP contribution in [0.1, 0.15) is 41.3 Å². The van der Waals surface area contributed by atoms with Crippen molar-refractivity contribution in [3.63, 3.8) is 0 Å². The van der Waals surface area contributed by atoms with Gasteiger partial charge in [0.1, 0.15) is 23.6 Å². The van der Waals surface area contributed by atoms with Crippen LogP contribution in [-0.4, -0.2) is 38.0 Å². The van der Waals surface area contributed by atoms with Crippen molar-refractivity contribution in [2.75, 3.05) is 24.5 Å². The summed E-state index contributed by atoms with van der Waals surface area (Å²) in [4.78, 5) is 9.19. The monoisotopic (exact) mass is 499 g/mol. The summed E-state index contributed by atoms with van der Waals surface area (Å²) in [5, 5.41) is 10.2. The molecule has 1 aliphatic carbocycles. The number of halogens is 1. The predicted molar refractivity (Wildman–Crippen MR) is 125 cm³/mol. The molecule has 1 N–H and O–H groups in total. The highest BCUT2D eigenvalue weighted by Gasteiger charge is 2.38. The molecule has 32 heavy (non-hydrogen) atoms. The molecule has 2 aliphatic rings. The molecule has 0 fully saturated rings. The first-order chi connectivity index (χ1) is 15.6. The SMILES string of the molecule is COc1ccc(CNc2ncnc3c2CN(Br)N3C2CCCc3c2cnn3C)c(OC)c1. The van der Waals surface area contributed by atoms with Crippen LogP contribution in [0.5, 0.6) is 11.5 Å². The zero-order valence-electron chi connectivity index (χ0n) is 18.4. The Balaban J connectivity index is 1.42. The van der Waals surface area contributed by atoms with E-state index in [4.69, 9.17) is 9.47 Å². The van der Waals surface area contributed by atoms with E-state index in [0.717, 1.165) is 53.5 Å². The number of benzene rings is 1. The number of ether oxygens (including phenoxy) is 2. The molecular weight excluding hydrogens is 474 g/mol. The van der Waals surface area contributed by atoms with Crippen LogP contribution < -0.4 is 19.8 Å². The van der Waals surface area contributed by atoms with E-state index in [1.807, 2.05) is 36.1 Å². The lowest BCUT2D eigenvalue weighted by Gasteiger charge is -2.35. The van der Waals surface area contributed by atoms with Crippen LogP contribution in [0.15, 0.2) is 30.7 Å². The van der Waals surface area contributed by atoms with Gasteiger partial charge in [-0.2, -0.15) is 5.10 Å². The van der Waals surface area contributed by atoms with Crippen LogP contribution in [0.25, 0.3) is 0 Å². The largest absolute Gasteiger partial charge is 0.497 e. The smallest absolute Gasteiger partial charge is 0.154 e. The summed E-state index contributed by atoms with van der Waals surface area (Å²) >= 11 is 3.75. The molecular formula is C22H26BrN7O2. The van der Waals surface area contributed by atoms with Crippen LogP contribution in [0.3, 0.4) is 0 Å². The molecule has 0 amide bonds. The third kappa shape index (κ3) is 3.57. The number of anilines is 2. The lowest BCUT2D eigenvalue weighted by Crippen LogP contribution is -2.36. The fourth-order valence-corrected chi connectivity index (χ4v) is 5.24. The van der Waals surface area contributed by atoms with Crippen molar-refractivity contribution in [1.29, 1.82) is 0 Å². The van der Waals surface area contributed by atoms with Crippen LogP contribution >= 0.6 is 16.1 Å². The van der Waals surface area contributed by atoms with Gasteiger partial charge in [-0.25, -0.2) is 9.97 Å². The van der Waals surface area contributed by atoms with E-state index >= 15 is 0 Å². The average Bonchev–Trinajstić information content (AvgIpc) is 3.37. The fourth-order valence-electron chi connectivity index (χ4n) is 4.62. The molecule has 3 aromatic rings. The van der Waals surface area contributed by atoms with Gasteiger partial charge in [0.25, 0.3) is 0 Å². The van der Waals surface area contributed by atoms with Crippen molar-refractivity contribution in [2.45, 2.75) is 38.4 Å². The van der Waals surface area contributed by atoms with E-state index in [9.17, 15) is 0 Å². The molecule has 3 heterocycles. The number of nitrogens with one attached hydrogen (secondary N) is 1. The number of aromatic nitrogens is 4. The van der Waals surface area contributed by atoms with E-state index in [1.54, 1.807) is 20.5 Å². The van der Waals surface area contributed by atoms with Crippen LogP contribution in [0.2, 0.25) is 0 Å². The molecule has 5 rings (SSSR count). The second-order valence-corrected chi connectivity index (χ2v) is 8.79. The summed E-state index contributed by atoms with van der Waals surface area (Å²) in [6.45, 7) is 1.25. The number of hydrogen-bond acceptors (Lipinski definition) is 8. The minimum atomic E-state index is 0.192. The number of methoxy groups -OCH3 is 2. The van der Waals surface area contributed by atoms with E-state index in [0.29, 0.717) is 13.1 Å². The number of hydrazine groups is 1. The zero-order valence-corrected chi connectivity index (χ0v) is 20.0. The van der Waals surface area contributed by atoms with Crippen molar-refractivity contribution in [2.24, 2.45) is 7.05 Å². The maximum Gasteiger partial charge on any atom is 0.154 e. The molecule has 0 bridgehead atoms. The van der Waals surface area contributed by atoms with Gasteiger partial charge in [0.05, 0.1) is 38.6 Å². The lowest BCUT2D eigenvalue weighted by molar-refractivity contribution is 0.381. The van der Waals surface area contributed by atoms with Crippen molar-refractivity contribution in [3.05, 3.63) is 53.1 Å². The molecule has 1 aromatic carbocycles. The van der Waals surface area contributed by atoms with Crippen LogP contribution in [0.4, 0.5) is 11.6 Å².